The quantitative estimate of drug-likeness (QED) is 0.911. The molecule has 1 N–H and O–H groups in total. The van der Waals surface area contributed by atoms with Crippen molar-refractivity contribution in [2.24, 2.45) is 0 Å². The van der Waals surface area contributed by atoms with Gasteiger partial charge in [0.05, 0.1) is 22.1 Å². The Hall–Kier alpha value is -1.88. The van der Waals surface area contributed by atoms with Crippen molar-refractivity contribution in [1.29, 1.82) is 0 Å². The van der Waals surface area contributed by atoms with E-state index < -0.39 is 11.8 Å². The number of halogens is 2. The van der Waals surface area contributed by atoms with Crippen LogP contribution >= 0.6 is 11.6 Å². The van der Waals surface area contributed by atoms with E-state index >= 15 is 0 Å². The van der Waals surface area contributed by atoms with Crippen LogP contribution in [0.2, 0.25) is 5.02 Å². The van der Waals surface area contributed by atoms with Crippen molar-refractivity contribution in [2.75, 3.05) is 0 Å². The van der Waals surface area contributed by atoms with Gasteiger partial charge in [-0.05, 0) is 26.0 Å². The third-order valence-electron chi connectivity index (χ3n) is 2.65. The van der Waals surface area contributed by atoms with Gasteiger partial charge in [-0.2, -0.15) is 5.10 Å². The summed E-state index contributed by atoms with van der Waals surface area (Å²) < 4.78 is 14.8. The number of aryl methyl sites for hydroxylation is 1. The van der Waals surface area contributed by atoms with Crippen LogP contribution in [0.15, 0.2) is 18.2 Å². The number of carbonyl (C=O) groups is 1. The van der Waals surface area contributed by atoms with Crippen LogP contribution in [0, 0.1) is 19.7 Å². The summed E-state index contributed by atoms with van der Waals surface area (Å²) in [5.74, 6) is -1.62. The standard InChI is InChI=1S/C12H10ClFN2O2/c1-6-11(12(17)18)7(2)16(15-6)8-3-4-9(13)10(14)5-8/h3-5H,1-2H3,(H,17,18). The molecule has 0 unspecified atom stereocenters. The van der Waals surface area contributed by atoms with Crippen LogP contribution in [-0.2, 0) is 0 Å². The number of carboxylic acids is 1. The molecule has 0 aliphatic carbocycles. The summed E-state index contributed by atoms with van der Waals surface area (Å²) in [7, 11) is 0. The fraction of sp³-hybridized carbons (Fsp3) is 0.167. The highest BCUT2D eigenvalue weighted by molar-refractivity contribution is 6.30. The average Bonchev–Trinajstić information content (AvgIpc) is 2.58. The Kier molecular flexibility index (Phi) is 3.09. The highest BCUT2D eigenvalue weighted by Crippen LogP contribution is 2.21. The second kappa shape index (κ2) is 4.42. The summed E-state index contributed by atoms with van der Waals surface area (Å²) in [6.07, 6.45) is 0. The van der Waals surface area contributed by atoms with Gasteiger partial charge in [0, 0.05) is 6.07 Å². The molecule has 0 amide bonds. The van der Waals surface area contributed by atoms with E-state index in [1.165, 1.54) is 16.8 Å². The second-order valence-electron chi connectivity index (χ2n) is 3.86. The van der Waals surface area contributed by atoms with E-state index in [9.17, 15) is 9.18 Å². The zero-order valence-electron chi connectivity index (χ0n) is 9.74. The molecule has 94 valence electrons. The summed E-state index contributed by atoms with van der Waals surface area (Å²) >= 11 is 5.60. The van der Waals surface area contributed by atoms with Gasteiger partial charge >= 0.3 is 5.97 Å². The largest absolute Gasteiger partial charge is 0.478 e. The molecule has 0 saturated heterocycles. The summed E-state index contributed by atoms with van der Waals surface area (Å²) in [5, 5.41) is 13.2. The van der Waals surface area contributed by atoms with Crippen LogP contribution in [-0.4, -0.2) is 20.9 Å². The lowest BCUT2D eigenvalue weighted by atomic mass is 10.2. The first-order chi connectivity index (χ1) is 8.41. The Balaban J connectivity index is 2.61. The number of benzene rings is 1. The van der Waals surface area contributed by atoms with Crippen LogP contribution in [0.1, 0.15) is 21.7 Å². The minimum Gasteiger partial charge on any atom is -0.478 e. The third kappa shape index (κ3) is 1.97. The van der Waals surface area contributed by atoms with Gasteiger partial charge in [-0.25, -0.2) is 13.9 Å². The lowest BCUT2D eigenvalue weighted by molar-refractivity contribution is 0.0695. The molecule has 0 atom stereocenters. The molecule has 4 nitrogen and oxygen atoms in total. The maximum absolute atomic E-state index is 13.4. The van der Waals surface area contributed by atoms with Gasteiger partial charge in [-0.1, -0.05) is 11.6 Å². The number of hydrogen-bond donors (Lipinski definition) is 1. The molecule has 1 aromatic heterocycles. The van der Waals surface area contributed by atoms with Crippen molar-refractivity contribution < 1.29 is 14.3 Å². The molecule has 18 heavy (non-hydrogen) atoms. The molecule has 2 rings (SSSR count). The van der Waals surface area contributed by atoms with Crippen molar-refractivity contribution in [3.05, 3.63) is 46.0 Å². The van der Waals surface area contributed by atoms with E-state index in [0.717, 1.165) is 0 Å². The van der Waals surface area contributed by atoms with E-state index in [0.29, 0.717) is 17.1 Å². The molecule has 2 aromatic rings. The predicted octanol–water partition coefficient (Wildman–Crippen LogP) is 2.98. The Bertz CT molecular complexity index is 637. The minimum atomic E-state index is -1.05. The van der Waals surface area contributed by atoms with Gasteiger partial charge in [-0.15, -0.1) is 0 Å². The Morgan fingerprint density at radius 2 is 2.11 bits per heavy atom. The summed E-state index contributed by atoms with van der Waals surface area (Å²) in [6, 6.07) is 4.20. The number of nitrogens with zero attached hydrogens (tertiary/aromatic N) is 2. The number of aromatic nitrogens is 2. The smallest absolute Gasteiger partial charge is 0.339 e. The molecule has 0 bridgehead atoms. The third-order valence-corrected chi connectivity index (χ3v) is 2.96. The normalized spacial score (nSPS) is 10.7. The van der Waals surface area contributed by atoms with Gasteiger partial charge in [0.15, 0.2) is 0 Å². The maximum Gasteiger partial charge on any atom is 0.339 e. The predicted molar refractivity (Wildman–Crippen MR) is 65.0 cm³/mol. The highest BCUT2D eigenvalue weighted by atomic mass is 35.5. The van der Waals surface area contributed by atoms with E-state index in [-0.39, 0.29) is 10.6 Å². The maximum atomic E-state index is 13.4. The molecule has 6 heteroatoms. The molecular formula is C12H10ClFN2O2. The first-order valence-corrected chi connectivity index (χ1v) is 5.54. The lowest BCUT2D eigenvalue weighted by Gasteiger charge is -2.05. The monoisotopic (exact) mass is 268 g/mol. The van der Waals surface area contributed by atoms with E-state index in [2.05, 4.69) is 5.10 Å². The van der Waals surface area contributed by atoms with Crippen LogP contribution in [0.3, 0.4) is 0 Å². The topological polar surface area (TPSA) is 55.1 Å². The average molecular weight is 269 g/mol. The van der Waals surface area contributed by atoms with Gasteiger partial charge < -0.3 is 5.11 Å². The molecule has 1 heterocycles. The van der Waals surface area contributed by atoms with E-state index in [1.54, 1.807) is 19.9 Å². The first-order valence-electron chi connectivity index (χ1n) is 5.16. The van der Waals surface area contributed by atoms with Crippen LogP contribution in [0.25, 0.3) is 5.69 Å². The van der Waals surface area contributed by atoms with Crippen molar-refractivity contribution >= 4 is 17.6 Å². The highest BCUT2D eigenvalue weighted by Gasteiger charge is 2.18. The Morgan fingerprint density at radius 1 is 1.44 bits per heavy atom. The second-order valence-corrected chi connectivity index (χ2v) is 4.27. The van der Waals surface area contributed by atoms with E-state index in [1.807, 2.05) is 0 Å². The molecule has 0 aliphatic heterocycles. The van der Waals surface area contributed by atoms with Crippen molar-refractivity contribution in [1.82, 2.24) is 9.78 Å². The summed E-state index contributed by atoms with van der Waals surface area (Å²) in [4.78, 5) is 11.1. The fourth-order valence-corrected chi connectivity index (χ4v) is 1.94. The molecular weight excluding hydrogens is 259 g/mol. The van der Waals surface area contributed by atoms with Gasteiger partial charge in [0.1, 0.15) is 11.4 Å². The SMILES string of the molecule is Cc1nn(-c2ccc(Cl)c(F)c2)c(C)c1C(=O)O. The Morgan fingerprint density at radius 3 is 2.61 bits per heavy atom. The number of rotatable bonds is 2. The Labute approximate surface area is 108 Å². The molecule has 0 radical (unpaired) electrons. The molecule has 0 aliphatic rings. The van der Waals surface area contributed by atoms with Crippen LogP contribution in [0.4, 0.5) is 4.39 Å². The number of carboxylic acid groups (broad SMARTS) is 1. The zero-order chi connectivity index (χ0) is 13.4. The summed E-state index contributed by atoms with van der Waals surface area (Å²) in [6.45, 7) is 3.22. The van der Waals surface area contributed by atoms with E-state index in [4.69, 9.17) is 16.7 Å². The number of aromatic carboxylic acids is 1. The number of hydrogen-bond acceptors (Lipinski definition) is 2. The van der Waals surface area contributed by atoms with Gasteiger partial charge in [0.25, 0.3) is 0 Å². The zero-order valence-corrected chi connectivity index (χ0v) is 10.5. The molecule has 0 fully saturated rings. The van der Waals surface area contributed by atoms with Gasteiger partial charge in [-0.3, -0.25) is 0 Å². The van der Waals surface area contributed by atoms with Crippen molar-refractivity contribution in [3.8, 4) is 5.69 Å². The summed E-state index contributed by atoms with van der Waals surface area (Å²) in [5.41, 5.74) is 1.40. The fourth-order valence-electron chi connectivity index (χ4n) is 1.82. The first kappa shape index (κ1) is 12.6. The molecule has 0 saturated carbocycles. The van der Waals surface area contributed by atoms with Gasteiger partial charge in [0.2, 0.25) is 0 Å². The molecule has 1 aromatic carbocycles. The van der Waals surface area contributed by atoms with Crippen LogP contribution in [0.5, 0.6) is 0 Å². The molecule has 0 spiro atoms. The lowest BCUT2D eigenvalue weighted by Crippen LogP contribution is -2.03. The van der Waals surface area contributed by atoms with Crippen molar-refractivity contribution in [2.45, 2.75) is 13.8 Å². The van der Waals surface area contributed by atoms with Crippen LogP contribution < -0.4 is 0 Å². The minimum absolute atomic E-state index is 0.0127. The van der Waals surface area contributed by atoms with Crippen molar-refractivity contribution in [3.63, 3.8) is 0 Å².